The second-order valence-corrected chi connectivity index (χ2v) is 24.2. The van der Waals surface area contributed by atoms with E-state index in [0.717, 1.165) is 118 Å². The van der Waals surface area contributed by atoms with E-state index in [1.807, 2.05) is 41.6 Å². The maximum absolute atomic E-state index is 13.1. The number of nitrogens with one attached hydrogen (secondary N) is 2. The molecule has 14 heteroatoms. The van der Waals surface area contributed by atoms with E-state index < -0.39 is 0 Å². The van der Waals surface area contributed by atoms with E-state index in [2.05, 4.69) is 107 Å². The van der Waals surface area contributed by atoms with Gasteiger partial charge in [0.1, 0.15) is 11.9 Å². The number of morpholine rings is 1. The molecule has 3 unspecified atom stereocenters. The van der Waals surface area contributed by atoms with Crippen LogP contribution in [-0.4, -0.2) is 113 Å². The number of hydrogen-bond donors (Lipinski definition) is 3. The number of fused-ring (bicyclic) bond motifs is 7. The number of pyridine rings is 1. The first-order chi connectivity index (χ1) is 37.3. The number of piperidine rings is 1. The maximum Gasteiger partial charge on any atom is 0.282 e. The summed E-state index contributed by atoms with van der Waals surface area (Å²) < 4.78 is 7.64. The van der Waals surface area contributed by atoms with Crippen LogP contribution in [0.1, 0.15) is 152 Å². The highest BCUT2D eigenvalue weighted by atomic mass is 35.5. The molecule has 6 heterocycles. The Bertz CT molecular complexity index is 2860. The number of halogens is 1. The van der Waals surface area contributed by atoms with Gasteiger partial charge in [0, 0.05) is 56.5 Å². The van der Waals surface area contributed by atoms with Crippen LogP contribution in [0.2, 0.25) is 5.02 Å². The molecule has 6 aliphatic rings. The normalized spacial score (nSPS) is 21.0. The average Bonchev–Trinajstić information content (AvgIpc) is 4.13. The lowest BCUT2D eigenvalue weighted by molar-refractivity contribution is -0.136. The van der Waals surface area contributed by atoms with Crippen LogP contribution >= 0.6 is 11.6 Å². The summed E-state index contributed by atoms with van der Waals surface area (Å²) in [4.78, 5) is 52.6. The summed E-state index contributed by atoms with van der Waals surface area (Å²) in [6.07, 6.45) is 22.9. The Labute approximate surface area is 462 Å². The first-order valence-corrected chi connectivity index (χ1v) is 29.2. The van der Waals surface area contributed by atoms with Crippen LogP contribution in [0.4, 0.5) is 0 Å². The molecule has 2 aliphatic carbocycles. The molecule has 3 atom stereocenters. The van der Waals surface area contributed by atoms with Crippen LogP contribution in [0.25, 0.3) is 27.7 Å². The number of carbonyl (C=O) groups excluding carboxylic acids is 2. The van der Waals surface area contributed by atoms with Crippen molar-refractivity contribution >= 4 is 34.8 Å². The van der Waals surface area contributed by atoms with Gasteiger partial charge in [-0.15, -0.1) is 0 Å². The molecule has 5 fully saturated rings. The largest absolute Gasteiger partial charge is 0.401 e. The zero-order valence-corrected chi connectivity index (χ0v) is 47.2. The smallest absolute Gasteiger partial charge is 0.282 e. The van der Waals surface area contributed by atoms with Crippen molar-refractivity contribution in [3.8, 4) is 16.8 Å². The highest BCUT2D eigenvalue weighted by Gasteiger charge is 2.47. The molecule has 13 nitrogen and oxygen atoms in total. The predicted molar refractivity (Wildman–Crippen MR) is 310 cm³/mol. The van der Waals surface area contributed by atoms with E-state index in [0.29, 0.717) is 28.3 Å². The van der Waals surface area contributed by atoms with Gasteiger partial charge in [-0.05, 0) is 148 Å². The van der Waals surface area contributed by atoms with E-state index in [4.69, 9.17) is 27.1 Å². The molecule has 77 heavy (non-hydrogen) atoms. The number of nitrogens with zero attached hydrogens (tertiary/aromatic N) is 6. The fourth-order valence-electron chi connectivity index (χ4n) is 13.0. The number of allylic oxidation sites excluding steroid dienone is 1. The van der Waals surface area contributed by atoms with Crippen molar-refractivity contribution in [2.45, 2.75) is 147 Å². The molecular weight excluding hydrogens is 982 g/mol. The Morgan fingerprint density at radius 3 is 2.25 bits per heavy atom. The summed E-state index contributed by atoms with van der Waals surface area (Å²) in [5, 5.41) is 7.33. The number of likely N-dealkylation sites (tertiary alicyclic amines) is 2. The van der Waals surface area contributed by atoms with Crippen LogP contribution in [0, 0.1) is 11.3 Å². The van der Waals surface area contributed by atoms with Gasteiger partial charge in [0.2, 0.25) is 12.3 Å². The minimum Gasteiger partial charge on any atom is -0.401 e. The first kappa shape index (κ1) is 56.1. The van der Waals surface area contributed by atoms with Crippen LogP contribution in [0.5, 0.6) is 0 Å². The molecule has 3 aromatic carbocycles. The van der Waals surface area contributed by atoms with E-state index in [-0.39, 0.29) is 34.4 Å². The summed E-state index contributed by atoms with van der Waals surface area (Å²) in [5.41, 5.74) is 14.9. The molecule has 0 bridgehead atoms. The van der Waals surface area contributed by atoms with Gasteiger partial charge in [0.25, 0.3) is 5.56 Å². The Morgan fingerprint density at radius 2 is 1.58 bits per heavy atom. The summed E-state index contributed by atoms with van der Waals surface area (Å²) in [5.74, 6) is 2.23. The second-order valence-electron chi connectivity index (χ2n) is 23.8. The van der Waals surface area contributed by atoms with Gasteiger partial charge in [-0.2, -0.15) is 4.98 Å². The Hall–Kier alpha value is -5.60. The van der Waals surface area contributed by atoms with Crippen LogP contribution in [0.15, 0.2) is 102 Å². The molecule has 5 aromatic rings. The van der Waals surface area contributed by atoms with Crippen molar-refractivity contribution in [1.29, 1.82) is 0 Å². The first-order valence-electron chi connectivity index (χ1n) is 28.8. The Morgan fingerprint density at radius 1 is 0.857 bits per heavy atom. The highest BCUT2D eigenvalue weighted by molar-refractivity contribution is 6.35. The van der Waals surface area contributed by atoms with Gasteiger partial charge in [0.15, 0.2) is 0 Å². The highest BCUT2D eigenvalue weighted by Crippen LogP contribution is 2.52. The van der Waals surface area contributed by atoms with Crippen LogP contribution in [-0.2, 0) is 19.7 Å². The molecule has 4 N–H and O–H groups in total. The SMILES string of the molecule is CC1CCCN1C(=O)C(N/C=C(\N)C1CCCCC1)C(C)(C)C.CN1CCC(c2ccc3c(c2)-n2c(nc(=O)c4c(Cl)cccc42)C32CCCCC2)CC1.O=CNC(CN1CCOCC1)c1ccc(-c2cccnc2)cc1. The minimum atomic E-state index is -0.217. The van der Waals surface area contributed by atoms with Crippen molar-refractivity contribution in [3.05, 3.63) is 135 Å². The average molecular weight is 1070 g/mol. The minimum absolute atomic E-state index is 0.00597. The quantitative estimate of drug-likeness (QED) is 0.109. The van der Waals surface area contributed by atoms with Gasteiger partial charge < -0.3 is 30.9 Å². The number of nitrogens with two attached hydrogens (primary N) is 1. The molecular formula is C63H84ClN9O4. The lowest BCUT2D eigenvalue weighted by Gasteiger charge is -2.35. The lowest BCUT2D eigenvalue weighted by Crippen LogP contribution is -2.52. The van der Waals surface area contributed by atoms with Gasteiger partial charge in [-0.3, -0.25) is 28.8 Å². The topological polar surface area (TPSA) is 151 Å². The lowest BCUT2D eigenvalue weighted by atomic mass is 9.69. The van der Waals surface area contributed by atoms with Crippen molar-refractivity contribution in [1.82, 2.24) is 39.9 Å². The fraction of sp³-hybridized carbons (Fsp3) is 0.540. The molecule has 2 amide bonds. The van der Waals surface area contributed by atoms with Crippen molar-refractivity contribution in [3.63, 3.8) is 0 Å². The van der Waals surface area contributed by atoms with Crippen LogP contribution in [0.3, 0.4) is 0 Å². The standard InChI is InChI=1S/C26H28ClN3O.C19H35N3O.C18H21N3O2/c1-29-14-10-17(11-15-29)18-8-9-19-22(16-18)30-21-7-5-6-20(27)23(21)24(31)28-25(30)26(19)12-3-2-4-13-26;1-14-9-8-12-22(14)18(23)17(19(2,3)4)21-13-16(20)15-10-6-5-7-11-15;22-14-20-18(13-21-8-10-23-11-9-21)16-5-3-15(4-6-16)17-2-1-7-19-12-17/h5-9,16-17H,2-4,10-15H2,1H3;13-15,17,21H,5-12,20H2,1-4H3;1-7,12,14,18H,8-11,13H2,(H,20,22)/b;16-13-;. The zero-order chi connectivity index (χ0) is 54.1. The molecule has 2 saturated carbocycles. The van der Waals surface area contributed by atoms with E-state index in [1.54, 1.807) is 12.3 Å². The number of aromatic nitrogens is 3. The number of rotatable bonds is 11. The van der Waals surface area contributed by atoms with Gasteiger partial charge in [-0.25, -0.2) is 0 Å². The maximum atomic E-state index is 13.1. The molecule has 4 aliphatic heterocycles. The van der Waals surface area contributed by atoms with Crippen molar-refractivity contribution in [2.75, 3.05) is 59.5 Å². The monoisotopic (exact) mass is 1070 g/mol. The van der Waals surface area contributed by atoms with Crippen LogP contribution < -0.4 is 21.9 Å². The Balaban J connectivity index is 0.000000144. The van der Waals surface area contributed by atoms with Gasteiger partial charge in [0.05, 0.1) is 46.3 Å². The van der Waals surface area contributed by atoms with E-state index >= 15 is 0 Å². The fourth-order valence-corrected chi connectivity index (χ4v) is 13.2. The summed E-state index contributed by atoms with van der Waals surface area (Å²) >= 11 is 6.48. The second kappa shape index (κ2) is 25.5. The predicted octanol–water partition coefficient (Wildman–Crippen LogP) is 10.7. The third kappa shape index (κ3) is 13.0. The zero-order valence-electron chi connectivity index (χ0n) is 46.5. The summed E-state index contributed by atoms with van der Waals surface area (Å²) in [7, 11) is 2.21. The third-order valence-corrected chi connectivity index (χ3v) is 17.8. The van der Waals surface area contributed by atoms with Gasteiger partial charge in [-0.1, -0.05) is 119 Å². The van der Waals surface area contributed by atoms with Crippen molar-refractivity contribution in [2.24, 2.45) is 17.1 Å². The van der Waals surface area contributed by atoms with E-state index in [9.17, 15) is 14.4 Å². The molecule has 3 saturated heterocycles. The summed E-state index contributed by atoms with van der Waals surface area (Å²) in [6.45, 7) is 15.8. The molecule has 11 rings (SSSR count). The van der Waals surface area contributed by atoms with E-state index in [1.165, 1.54) is 81.0 Å². The Kier molecular flexibility index (Phi) is 18.6. The summed E-state index contributed by atoms with van der Waals surface area (Å²) in [6, 6.07) is 25.3. The molecule has 2 aromatic heterocycles. The molecule has 412 valence electrons. The third-order valence-electron chi connectivity index (χ3n) is 17.5. The number of hydrogen-bond acceptors (Lipinski definition) is 10. The number of amides is 2. The van der Waals surface area contributed by atoms with Crippen molar-refractivity contribution < 1.29 is 14.3 Å². The number of ether oxygens (including phenoxy) is 1. The number of carbonyl (C=O) groups is 2. The molecule has 0 radical (unpaired) electrons. The number of benzene rings is 3. The van der Waals surface area contributed by atoms with Gasteiger partial charge >= 0.3 is 0 Å². The molecule has 1 spiro atoms.